The summed E-state index contributed by atoms with van der Waals surface area (Å²) in [7, 11) is 4.11. The van der Waals surface area contributed by atoms with E-state index in [0.29, 0.717) is 5.25 Å². The molecule has 0 bridgehead atoms. The zero-order chi connectivity index (χ0) is 4.57. The highest BCUT2D eigenvalue weighted by molar-refractivity contribution is 8.14. The molecule has 0 heterocycles. The quantitative estimate of drug-likeness (QED) is 0.480. The molecule has 1 fully saturated rings. The maximum Gasteiger partial charge on any atom is 0.174 e. The minimum absolute atomic E-state index is 0.340. The molecule has 0 saturated heterocycles. The zero-order valence-electron chi connectivity index (χ0n) is 3.19. The van der Waals surface area contributed by atoms with E-state index in [0.717, 1.165) is 12.8 Å². The maximum atomic E-state index is 10.1. The van der Waals surface area contributed by atoms with E-state index >= 15 is 0 Å². The van der Waals surface area contributed by atoms with Gasteiger partial charge in [0.15, 0.2) is 10.7 Å². The van der Waals surface area contributed by atoms with Crippen molar-refractivity contribution in [3.05, 3.63) is 0 Å². The Hall–Kier alpha value is 0.600. The first-order valence-corrected chi connectivity index (χ1v) is 3.91. The van der Waals surface area contributed by atoms with Gasteiger partial charge in [0.2, 0.25) is 0 Å². The van der Waals surface area contributed by atoms with Crippen LogP contribution in [0.4, 0.5) is 0 Å². The Balaban J connectivity index is 2.13. The molecule has 1 atom stereocenters. The van der Waals surface area contributed by atoms with Gasteiger partial charge in [-0.2, -0.15) is 0 Å². The smallest absolute Gasteiger partial charge is 0.174 e. The van der Waals surface area contributed by atoms with Crippen molar-refractivity contribution in [1.82, 2.24) is 0 Å². The normalized spacial score (nSPS) is 27.0. The van der Waals surface area contributed by atoms with E-state index < -0.39 is 10.4 Å². The standard InChI is InChI=1S/C3H5ClOS/c4-6(5)3-1-2-3/h3H,1-2H2/t6-/m0/s1. The lowest BCUT2D eigenvalue weighted by Crippen LogP contribution is -1.93. The molecule has 3 heteroatoms. The van der Waals surface area contributed by atoms with Crippen molar-refractivity contribution < 1.29 is 4.55 Å². The van der Waals surface area contributed by atoms with Crippen molar-refractivity contribution in [2.24, 2.45) is 0 Å². The number of halogens is 1. The fourth-order valence-corrected chi connectivity index (χ4v) is 1.29. The molecule has 1 aliphatic rings. The predicted molar refractivity (Wildman–Crippen MR) is 27.0 cm³/mol. The van der Waals surface area contributed by atoms with Crippen LogP contribution in [0.25, 0.3) is 0 Å². The summed E-state index contributed by atoms with van der Waals surface area (Å²) in [5, 5.41) is 0.340. The van der Waals surface area contributed by atoms with E-state index in [1.54, 1.807) is 0 Å². The summed E-state index contributed by atoms with van der Waals surface area (Å²) in [5.41, 5.74) is 0. The summed E-state index contributed by atoms with van der Waals surface area (Å²) in [6, 6.07) is 0. The summed E-state index contributed by atoms with van der Waals surface area (Å²) in [5.74, 6) is 0. The molecule has 1 nitrogen and oxygen atoms in total. The Labute approximate surface area is 44.4 Å². The van der Waals surface area contributed by atoms with Crippen molar-refractivity contribution in [2.45, 2.75) is 18.1 Å². The molecule has 0 aromatic rings. The minimum Gasteiger partial charge on any atom is -0.599 e. The molecular weight excluding hydrogens is 120 g/mol. The van der Waals surface area contributed by atoms with Gasteiger partial charge in [-0.15, -0.1) is 0 Å². The molecule has 36 valence electrons. The van der Waals surface area contributed by atoms with Crippen LogP contribution in [0.15, 0.2) is 0 Å². The topological polar surface area (TPSA) is 23.1 Å². The summed E-state index contributed by atoms with van der Waals surface area (Å²) in [6.45, 7) is 0. The van der Waals surface area contributed by atoms with Gasteiger partial charge < -0.3 is 4.55 Å². The number of hydrogen-bond donors (Lipinski definition) is 0. The van der Waals surface area contributed by atoms with Gasteiger partial charge in [0, 0.05) is 12.8 Å². The van der Waals surface area contributed by atoms with Gasteiger partial charge in [-0.3, -0.25) is 0 Å². The third kappa shape index (κ3) is 1.03. The lowest BCUT2D eigenvalue weighted by atomic mass is 11.0. The first kappa shape index (κ1) is 4.75. The molecule has 0 N–H and O–H groups in total. The molecule has 0 aromatic carbocycles. The van der Waals surface area contributed by atoms with Crippen molar-refractivity contribution >= 4 is 21.1 Å². The summed E-state index contributed by atoms with van der Waals surface area (Å²) in [4.78, 5) is 0. The number of hydrogen-bond acceptors (Lipinski definition) is 1. The third-order valence-electron chi connectivity index (χ3n) is 0.786. The third-order valence-corrected chi connectivity index (χ3v) is 2.54. The van der Waals surface area contributed by atoms with Crippen molar-refractivity contribution in [3.8, 4) is 0 Å². The average molecular weight is 125 g/mol. The monoisotopic (exact) mass is 124 g/mol. The Morgan fingerprint density at radius 3 is 2.17 bits per heavy atom. The van der Waals surface area contributed by atoms with Crippen LogP contribution in [0.2, 0.25) is 0 Å². The summed E-state index contributed by atoms with van der Waals surface area (Å²) in [6.07, 6.45) is 2.13. The van der Waals surface area contributed by atoms with E-state index in [-0.39, 0.29) is 0 Å². The SMILES string of the molecule is [O-][S@+](Cl)C1CC1. The van der Waals surface area contributed by atoms with E-state index in [1.165, 1.54) is 0 Å². The molecule has 0 aliphatic heterocycles. The molecule has 0 aromatic heterocycles. The molecule has 1 saturated carbocycles. The Morgan fingerprint density at radius 1 is 1.67 bits per heavy atom. The van der Waals surface area contributed by atoms with Gasteiger partial charge in [0.25, 0.3) is 0 Å². The van der Waals surface area contributed by atoms with Gasteiger partial charge in [-0.1, -0.05) is 0 Å². The van der Waals surface area contributed by atoms with Gasteiger partial charge in [0.05, 0.1) is 10.4 Å². The molecule has 1 rings (SSSR count). The van der Waals surface area contributed by atoms with Crippen LogP contribution in [0.5, 0.6) is 0 Å². The van der Waals surface area contributed by atoms with Crippen LogP contribution < -0.4 is 0 Å². The van der Waals surface area contributed by atoms with Crippen LogP contribution in [-0.2, 0) is 10.4 Å². The van der Waals surface area contributed by atoms with Gasteiger partial charge in [0.1, 0.15) is 5.25 Å². The lowest BCUT2D eigenvalue weighted by Gasteiger charge is -1.91. The van der Waals surface area contributed by atoms with E-state index in [1.807, 2.05) is 0 Å². The zero-order valence-corrected chi connectivity index (χ0v) is 4.76. The van der Waals surface area contributed by atoms with Crippen molar-refractivity contribution in [3.63, 3.8) is 0 Å². The van der Waals surface area contributed by atoms with Gasteiger partial charge >= 0.3 is 0 Å². The molecule has 0 amide bonds. The second-order valence-corrected chi connectivity index (χ2v) is 3.52. The highest BCUT2D eigenvalue weighted by atomic mass is 35.7. The summed E-state index contributed by atoms with van der Waals surface area (Å²) < 4.78 is 10.1. The minimum atomic E-state index is -1.03. The van der Waals surface area contributed by atoms with Crippen molar-refractivity contribution in [2.75, 3.05) is 0 Å². The van der Waals surface area contributed by atoms with Crippen LogP contribution in [0.1, 0.15) is 12.8 Å². The number of rotatable bonds is 1. The van der Waals surface area contributed by atoms with E-state index in [4.69, 9.17) is 10.7 Å². The first-order valence-electron chi connectivity index (χ1n) is 1.87. The van der Waals surface area contributed by atoms with Crippen LogP contribution in [-0.4, -0.2) is 9.80 Å². The maximum absolute atomic E-state index is 10.1. The summed E-state index contributed by atoms with van der Waals surface area (Å²) >= 11 is 0. The Bertz CT molecular complexity index is 52.8. The molecule has 1 aliphatic carbocycles. The van der Waals surface area contributed by atoms with E-state index in [2.05, 4.69) is 0 Å². The fraction of sp³-hybridized carbons (Fsp3) is 1.00. The Kier molecular flexibility index (Phi) is 1.27. The van der Waals surface area contributed by atoms with Crippen LogP contribution in [0.3, 0.4) is 0 Å². The van der Waals surface area contributed by atoms with Gasteiger partial charge in [-0.05, 0) is 0 Å². The highest BCUT2D eigenvalue weighted by Crippen LogP contribution is 2.30. The first-order chi connectivity index (χ1) is 2.80. The lowest BCUT2D eigenvalue weighted by molar-refractivity contribution is 0.607. The van der Waals surface area contributed by atoms with Crippen molar-refractivity contribution in [1.29, 1.82) is 0 Å². The molecule has 0 spiro atoms. The van der Waals surface area contributed by atoms with E-state index in [9.17, 15) is 4.55 Å². The van der Waals surface area contributed by atoms with Gasteiger partial charge in [-0.25, -0.2) is 0 Å². The molecular formula is C3H5ClOS. The second kappa shape index (κ2) is 1.60. The highest BCUT2D eigenvalue weighted by Gasteiger charge is 2.33. The second-order valence-electron chi connectivity index (χ2n) is 1.45. The molecule has 0 unspecified atom stereocenters. The molecule has 6 heavy (non-hydrogen) atoms. The largest absolute Gasteiger partial charge is 0.599 e. The van der Waals surface area contributed by atoms with Crippen LogP contribution in [0, 0.1) is 0 Å². The van der Waals surface area contributed by atoms with Crippen LogP contribution >= 0.6 is 10.7 Å². The fourth-order valence-electron chi connectivity index (χ4n) is 0.253. The predicted octanol–water partition coefficient (Wildman–Crippen LogP) is 1.05. The molecule has 0 radical (unpaired) electrons. The average Bonchev–Trinajstić information content (AvgIpc) is 2.06. The Morgan fingerprint density at radius 2 is 2.17 bits per heavy atom.